The van der Waals surface area contributed by atoms with Crippen LogP contribution in [0.5, 0.6) is 0 Å². The van der Waals surface area contributed by atoms with Gasteiger partial charge in [0.05, 0.1) is 10.4 Å². The largest absolute Gasteiger partial charge is 0.353 e. The first-order chi connectivity index (χ1) is 8.18. The first-order valence-electron chi connectivity index (χ1n) is 5.02. The summed E-state index contributed by atoms with van der Waals surface area (Å²) in [7, 11) is 0. The summed E-state index contributed by atoms with van der Waals surface area (Å²) < 4.78 is 0.496. The molecule has 5 heteroatoms. The SMILES string of the molecule is O=[N+]([O-])c1ccc2c([nH]c3ccccc32)c1Br. The molecule has 0 spiro atoms. The molecule has 3 rings (SSSR count). The predicted molar refractivity (Wildman–Crippen MR) is 70.2 cm³/mol. The van der Waals surface area contributed by atoms with Gasteiger partial charge < -0.3 is 4.98 Å². The average molecular weight is 291 g/mol. The van der Waals surface area contributed by atoms with E-state index in [1.807, 2.05) is 24.3 Å². The second-order valence-electron chi connectivity index (χ2n) is 3.75. The summed E-state index contributed by atoms with van der Waals surface area (Å²) in [6, 6.07) is 11.1. The van der Waals surface area contributed by atoms with Crippen LogP contribution in [0.3, 0.4) is 0 Å². The fourth-order valence-corrected chi connectivity index (χ4v) is 2.60. The maximum absolute atomic E-state index is 10.8. The molecule has 0 aliphatic heterocycles. The number of benzene rings is 2. The number of hydrogen-bond acceptors (Lipinski definition) is 2. The molecule has 0 aliphatic rings. The number of para-hydroxylation sites is 1. The quantitative estimate of drug-likeness (QED) is 0.544. The number of H-pyrrole nitrogens is 1. The van der Waals surface area contributed by atoms with Gasteiger partial charge in [0.25, 0.3) is 5.69 Å². The van der Waals surface area contributed by atoms with Crippen molar-refractivity contribution in [2.24, 2.45) is 0 Å². The highest BCUT2D eigenvalue weighted by molar-refractivity contribution is 9.10. The van der Waals surface area contributed by atoms with Crippen LogP contribution in [0.15, 0.2) is 40.9 Å². The molecular weight excluding hydrogens is 284 g/mol. The molecule has 0 unspecified atom stereocenters. The molecule has 17 heavy (non-hydrogen) atoms. The van der Waals surface area contributed by atoms with Gasteiger partial charge in [-0.1, -0.05) is 18.2 Å². The van der Waals surface area contributed by atoms with Crippen molar-refractivity contribution >= 4 is 43.4 Å². The lowest BCUT2D eigenvalue weighted by Gasteiger charge is -1.96. The van der Waals surface area contributed by atoms with Crippen LogP contribution in [0.1, 0.15) is 0 Å². The minimum Gasteiger partial charge on any atom is -0.353 e. The van der Waals surface area contributed by atoms with Crippen LogP contribution in [0, 0.1) is 10.1 Å². The average Bonchev–Trinajstić information content (AvgIpc) is 2.69. The predicted octanol–water partition coefficient (Wildman–Crippen LogP) is 3.99. The Bertz CT molecular complexity index is 749. The summed E-state index contributed by atoms with van der Waals surface area (Å²) in [6.07, 6.45) is 0. The van der Waals surface area contributed by atoms with E-state index in [0.29, 0.717) is 4.47 Å². The summed E-state index contributed by atoms with van der Waals surface area (Å²) >= 11 is 3.29. The van der Waals surface area contributed by atoms with E-state index in [-0.39, 0.29) is 5.69 Å². The Morgan fingerprint density at radius 2 is 1.88 bits per heavy atom. The van der Waals surface area contributed by atoms with Gasteiger partial charge in [-0.3, -0.25) is 10.1 Å². The van der Waals surface area contributed by atoms with E-state index in [1.165, 1.54) is 6.07 Å². The topological polar surface area (TPSA) is 58.9 Å². The Morgan fingerprint density at radius 1 is 1.12 bits per heavy atom. The van der Waals surface area contributed by atoms with Gasteiger partial charge in [-0.05, 0) is 28.1 Å². The second kappa shape index (κ2) is 3.56. The summed E-state index contributed by atoms with van der Waals surface area (Å²) in [6.45, 7) is 0. The van der Waals surface area contributed by atoms with Gasteiger partial charge in [-0.15, -0.1) is 0 Å². The Hall–Kier alpha value is -1.88. The van der Waals surface area contributed by atoms with E-state index in [2.05, 4.69) is 20.9 Å². The van der Waals surface area contributed by atoms with Crippen molar-refractivity contribution in [3.05, 3.63) is 51.0 Å². The highest BCUT2D eigenvalue weighted by Gasteiger charge is 2.16. The van der Waals surface area contributed by atoms with Crippen molar-refractivity contribution < 1.29 is 4.92 Å². The molecule has 0 bridgehead atoms. The lowest BCUT2D eigenvalue weighted by molar-refractivity contribution is -0.385. The molecule has 1 aromatic heterocycles. The van der Waals surface area contributed by atoms with Crippen molar-refractivity contribution in [1.82, 2.24) is 4.98 Å². The first-order valence-corrected chi connectivity index (χ1v) is 5.81. The minimum atomic E-state index is -0.394. The number of nitro groups is 1. The van der Waals surface area contributed by atoms with Crippen LogP contribution in [0.2, 0.25) is 0 Å². The fraction of sp³-hybridized carbons (Fsp3) is 0. The molecule has 0 saturated carbocycles. The molecule has 0 amide bonds. The van der Waals surface area contributed by atoms with Gasteiger partial charge in [0, 0.05) is 22.4 Å². The van der Waals surface area contributed by atoms with Crippen molar-refractivity contribution in [2.75, 3.05) is 0 Å². The van der Waals surface area contributed by atoms with Crippen LogP contribution < -0.4 is 0 Å². The van der Waals surface area contributed by atoms with Gasteiger partial charge >= 0.3 is 0 Å². The van der Waals surface area contributed by atoms with Gasteiger partial charge in [0.15, 0.2) is 0 Å². The second-order valence-corrected chi connectivity index (χ2v) is 4.54. The normalized spacial score (nSPS) is 11.1. The van der Waals surface area contributed by atoms with Crippen molar-refractivity contribution in [2.45, 2.75) is 0 Å². The number of fused-ring (bicyclic) bond motifs is 3. The molecule has 0 saturated heterocycles. The van der Waals surface area contributed by atoms with E-state index in [0.717, 1.165) is 21.8 Å². The molecule has 2 aromatic carbocycles. The summed E-state index contributed by atoms with van der Waals surface area (Å²) in [5.74, 6) is 0. The third kappa shape index (κ3) is 1.43. The molecule has 0 aliphatic carbocycles. The van der Waals surface area contributed by atoms with Gasteiger partial charge in [0.2, 0.25) is 0 Å². The monoisotopic (exact) mass is 290 g/mol. The Labute approximate surface area is 105 Å². The third-order valence-corrected chi connectivity index (χ3v) is 3.60. The number of aromatic nitrogens is 1. The van der Waals surface area contributed by atoms with Crippen LogP contribution in [0.25, 0.3) is 21.8 Å². The zero-order chi connectivity index (χ0) is 12.0. The van der Waals surface area contributed by atoms with E-state index >= 15 is 0 Å². The Kier molecular flexibility index (Phi) is 2.16. The lowest BCUT2D eigenvalue weighted by atomic mass is 10.1. The third-order valence-electron chi connectivity index (χ3n) is 2.80. The number of aromatic amines is 1. The molecule has 84 valence electrons. The number of nitro benzene ring substituents is 1. The van der Waals surface area contributed by atoms with Crippen LogP contribution in [-0.4, -0.2) is 9.91 Å². The molecule has 0 atom stereocenters. The van der Waals surface area contributed by atoms with Gasteiger partial charge in [0.1, 0.15) is 4.47 Å². The smallest absolute Gasteiger partial charge is 0.285 e. The van der Waals surface area contributed by atoms with E-state index < -0.39 is 4.92 Å². The van der Waals surface area contributed by atoms with Gasteiger partial charge in [-0.2, -0.15) is 0 Å². The molecule has 0 fully saturated rings. The molecule has 1 heterocycles. The first kappa shape index (κ1) is 10.3. The van der Waals surface area contributed by atoms with E-state index in [4.69, 9.17) is 0 Å². The van der Waals surface area contributed by atoms with Crippen molar-refractivity contribution in [1.29, 1.82) is 0 Å². The maximum Gasteiger partial charge on any atom is 0.285 e. The van der Waals surface area contributed by atoms with Crippen molar-refractivity contribution in [3.63, 3.8) is 0 Å². The van der Waals surface area contributed by atoms with Crippen LogP contribution >= 0.6 is 15.9 Å². The maximum atomic E-state index is 10.8. The highest BCUT2D eigenvalue weighted by Crippen LogP contribution is 2.35. The fourth-order valence-electron chi connectivity index (χ4n) is 2.01. The lowest BCUT2D eigenvalue weighted by Crippen LogP contribution is -1.89. The van der Waals surface area contributed by atoms with Gasteiger partial charge in [-0.25, -0.2) is 0 Å². The van der Waals surface area contributed by atoms with E-state index in [1.54, 1.807) is 6.07 Å². The summed E-state index contributed by atoms with van der Waals surface area (Å²) in [4.78, 5) is 13.6. The number of nitrogens with zero attached hydrogens (tertiary/aromatic N) is 1. The minimum absolute atomic E-state index is 0.0732. The van der Waals surface area contributed by atoms with Crippen LogP contribution in [0.4, 0.5) is 5.69 Å². The summed E-state index contributed by atoms with van der Waals surface area (Å²) in [5, 5.41) is 12.9. The number of hydrogen-bond donors (Lipinski definition) is 1. The molecular formula is C12H7BrN2O2. The molecule has 1 N–H and O–H groups in total. The zero-order valence-corrected chi connectivity index (χ0v) is 10.2. The number of nitrogens with one attached hydrogen (secondary N) is 1. The zero-order valence-electron chi connectivity index (χ0n) is 8.61. The van der Waals surface area contributed by atoms with Crippen LogP contribution in [-0.2, 0) is 0 Å². The molecule has 0 radical (unpaired) electrons. The van der Waals surface area contributed by atoms with Crippen molar-refractivity contribution in [3.8, 4) is 0 Å². The Balaban J connectivity index is 2.48. The molecule has 4 nitrogen and oxygen atoms in total. The number of rotatable bonds is 1. The Morgan fingerprint density at radius 3 is 2.65 bits per heavy atom. The highest BCUT2D eigenvalue weighted by atomic mass is 79.9. The standard InChI is InChI=1S/C12H7BrN2O2/c13-11-10(15(16)17)6-5-8-7-3-1-2-4-9(7)14-12(8)11/h1-6,14H. The van der Waals surface area contributed by atoms with E-state index in [9.17, 15) is 10.1 Å². The number of halogens is 1. The molecule has 3 aromatic rings. The summed E-state index contributed by atoms with van der Waals surface area (Å²) in [5.41, 5.74) is 1.81.